The second-order valence-electron chi connectivity index (χ2n) is 5.04. The molecule has 0 amide bonds. The fraction of sp³-hybridized carbons (Fsp3) is 0.368. The minimum Gasteiger partial charge on any atom is -0.493 e. The fourth-order valence-corrected chi connectivity index (χ4v) is 2.36. The number of piperidine rings is 1. The molecule has 0 aliphatic carbocycles. The van der Waals surface area contributed by atoms with Crippen molar-refractivity contribution in [2.75, 3.05) is 26.4 Å². The molecule has 2 heterocycles. The standard InChI is InChI=1S/C19H20FNO3/c20-15-3-1-13(2-4-15)17-7-8-21-10-14(17)11-22-16-5-6-18-19(9-16)24-12-23-18/h1-6,9,14,17,21H,7-8,10-12H2/t14?,17-/m0/s1/i1D,2D,3D,4D,7D2,10D2,12D2,17D. The van der Waals surface area contributed by atoms with Gasteiger partial charge in [0.05, 0.1) is 12.1 Å². The maximum Gasteiger partial charge on any atom is 0.231 e. The molecule has 2 aromatic carbocycles. The molecule has 1 fully saturated rings. The predicted octanol–water partition coefficient (Wildman–Crippen LogP) is 3.33. The molecular formula is C19H20FNO3. The van der Waals surface area contributed by atoms with Gasteiger partial charge in [-0.15, -0.1) is 0 Å². The molecule has 0 saturated carbocycles. The molecule has 5 heteroatoms. The quantitative estimate of drug-likeness (QED) is 0.927. The first-order valence-electron chi connectivity index (χ1n) is 12.7. The second kappa shape index (κ2) is 6.69. The lowest BCUT2D eigenvalue weighted by Crippen LogP contribution is -2.38. The molecule has 1 N–H and O–H groups in total. The van der Waals surface area contributed by atoms with Crippen LogP contribution in [0.3, 0.4) is 0 Å². The highest BCUT2D eigenvalue weighted by Crippen LogP contribution is 2.36. The summed E-state index contributed by atoms with van der Waals surface area (Å²) in [6.07, 6.45) is -2.63. The number of nitrogens with one attached hydrogen (secondary N) is 1. The molecule has 0 aromatic heterocycles. The molecule has 0 spiro atoms. The van der Waals surface area contributed by atoms with Crippen LogP contribution >= 0.6 is 0 Å². The van der Waals surface area contributed by atoms with Crippen molar-refractivity contribution in [1.29, 1.82) is 0 Å². The van der Waals surface area contributed by atoms with Gasteiger partial charge in [0.1, 0.15) is 14.3 Å². The van der Waals surface area contributed by atoms with Crippen molar-refractivity contribution in [2.45, 2.75) is 12.3 Å². The van der Waals surface area contributed by atoms with E-state index in [4.69, 9.17) is 29.3 Å². The summed E-state index contributed by atoms with van der Waals surface area (Å²) < 4.78 is 120. The predicted molar refractivity (Wildman–Crippen MR) is 88.2 cm³/mol. The topological polar surface area (TPSA) is 39.7 Å². The molecule has 24 heavy (non-hydrogen) atoms. The third-order valence-corrected chi connectivity index (χ3v) is 3.49. The number of ether oxygens (including phenoxy) is 3. The van der Waals surface area contributed by atoms with Crippen LogP contribution < -0.4 is 19.5 Å². The first kappa shape index (κ1) is 7.31. The zero-order valence-electron chi connectivity index (χ0n) is 23.3. The molecule has 2 aliphatic rings. The largest absolute Gasteiger partial charge is 0.493 e. The van der Waals surface area contributed by atoms with Gasteiger partial charge in [0.25, 0.3) is 0 Å². The van der Waals surface area contributed by atoms with Gasteiger partial charge in [0, 0.05) is 25.3 Å². The van der Waals surface area contributed by atoms with Gasteiger partial charge in [-0.05, 0) is 48.6 Å². The molecule has 2 atom stereocenters. The summed E-state index contributed by atoms with van der Waals surface area (Å²) >= 11 is 0. The third kappa shape index (κ3) is 3.17. The molecule has 4 rings (SSSR count). The average molecular weight is 340 g/mol. The maximum atomic E-state index is 14.2. The van der Waals surface area contributed by atoms with Crippen LogP contribution in [0.4, 0.5) is 4.39 Å². The van der Waals surface area contributed by atoms with E-state index < -0.39 is 80.1 Å². The van der Waals surface area contributed by atoms with E-state index in [1.54, 1.807) is 0 Å². The van der Waals surface area contributed by atoms with Crippen molar-refractivity contribution in [3.8, 4) is 17.2 Å². The van der Waals surface area contributed by atoms with Crippen molar-refractivity contribution < 1.29 is 33.7 Å². The summed E-state index contributed by atoms with van der Waals surface area (Å²) in [6, 6.07) is -0.160. The lowest BCUT2D eigenvalue weighted by atomic mass is 9.81. The minimum atomic E-state index is -2.73. The highest BCUT2D eigenvalue weighted by Gasteiger charge is 2.27. The van der Waals surface area contributed by atoms with E-state index in [9.17, 15) is 4.39 Å². The Hall–Kier alpha value is -2.27. The Morgan fingerprint density at radius 2 is 2.12 bits per heavy atom. The Kier molecular flexibility index (Phi) is 2.04. The number of fused-ring (bicyclic) bond motifs is 1. The van der Waals surface area contributed by atoms with E-state index in [1.165, 1.54) is 18.2 Å². The molecular weight excluding hydrogens is 309 g/mol. The first-order chi connectivity index (χ1) is 16.0. The van der Waals surface area contributed by atoms with Crippen molar-refractivity contribution in [3.63, 3.8) is 0 Å². The number of benzene rings is 2. The van der Waals surface area contributed by atoms with Crippen LogP contribution in [0.5, 0.6) is 17.2 Å². The van der Waals surface area contributed by atoms with Gasteiger partial charge in [0.2, 0.25) is 6.75 Å². The smallest absolute Gasteiger partial charge is 0.231 e. The Balaban J connectivity index is 1.78. The van der Waals surface area contributed by atoms with Crippen LogP contribution in [0, 0.1) is 11.7 Å². The van der Waals surface area contributed by atoms with E-state index in [1.807, 2.05) is 0 Å². The Labute approximate surface area is 156 Å². The Morgan fingerprint density at radius 3 is 3.00 bits per heavy atom. The van der Waals surface area contributed by atoms with E-state index in [0.29, 0.717) is 0 Å². The monoisotopic (exact) mass is 340 g/mol. The fourth-order valence-electron chi connectivity index (χ4n) is 2.36. The van der Waals surface area contributed by atoms with Gasteiger partial charge in [-0.25, -0.2) is 4.39 Å². The molecule has 1 unspecified atom stereocenters. The number of hydrogen-bond acceptors (Lipinski definition) is 4. The van der Waals surface area contributed by atoms with Crippen molar-refractivity contribution in [1.82, 2.24) is 5.32 Å². The summed E-state index contributed by atoms with van der Waals surface area (Å²) in [5, 5.41) is 2.37. The Morgan fingerprint density at radius 1 is 1.29 bits per heavy atom. The lowest BCUT2D eigenvalue weighted by Gasteiger charge is -2.32. The normalized spacial score (nSPS) is 38.4. The van der Waals surface area contributed by atoms with E-state index in [0.717, 1.165) is 0 Å². The van der Waals surface area contributed by atoms with E-state index in [2.05, 4.69) is 5.32 Å². The summed E-state index contributed by atoms with van der Waals surface area (Å²) in [4.78, 5) is 0. The highest BCUT2D eigenvalue weighted by molar-refractivity contribution is 5.46. The lowest BCUT2D eigenvalue weighted by molar-refractivity contribution is 0.173. The maximum absolute atomic E-state index is 14.2. The van der Waals surface area contributed by atoms with E-state index >= 15 is 0 Å². The first-order valence-corrected chi connectivity index (χ1v) is 7.18. The summed E-state index contributed by atoms with van der Waals surface area (Å²) in [6.45, 7) is -6.24. The third-order valence-electron chi connectivity index (χ3n) is 3.49. The molecule has 4 nitrogen and oxygen atoms in total. The second-order valence-corrected chi connectivity index (χ2v) is 5.04. The molecule has 2 aliphatic heterocycles. The minimum absolute atomic E-state index is 0.00265. The van der Waals surface area contributed by atoms with Gasteiger partial charge in [-0.3, -0.25) is 0 Å². The van der Waals surface area contributed by atoms with Crippen LogP contribution in [0.15, 0.2) is 42.4 Å². The molecule has 2 aromatic rings. The zero-order chi connectivity index (χ0) is 26.1. The molecule has 1 saturated heterocycles. The van der Waals surface area contributed by atoms with Gasteiger partial charge < -0.3 is 19.5 Å². The van der Waals surface area contributed by atoms with Gasteiger partial charge >= 0.3 is 0 Å². The molecule has 0 bridgehead atoms. The van der Waals surface area contributed by atoms with Gasteiger partial charge in [-0.2, -0.15) is 0 Å². The Bertz CT molecular complexity index is 1170. The zero-order valence-corrected chi connectivity index (χ0v) is 12.3. The van der Waals surface area contributed by atoms with Gasteiger partial charge in [-0.1, -0.05) is 12.1 Å². The van der Waals surface area contributed by atoms with Crippen molar-refractivity contribution in [2.24, 2.45) is 5.92 Å². The SMILES string of the molecule is [2H]c1c([2H])c([C@@]2([2H])C(COc3ccc4c(c3)OC([2H])([2H])O4)C([2H])([2H])NCC2([2H])[2H])c([2H])c([2H])c1F. The highest BCUT2D eigenvalue weighted by atomic mass is 19.1. The summed E-state index contributed by atoms with van der Waals surface area (Å²) in [7, 11) is 0. The number of rotatable bonds is 4. The van der Waals surface area contributed by atoms with Crippen molar-refractivity contribution >= 4 is 0 Å². The van der Waals surface area contributed by atoms with Gasteiger partial charge in [0.15, 0.2) is 11.5 Å². The summed E-state index contributed by atoms with van der Waals surface area (Å²) in [5.41, 5.74) is -0.781. The number of halogens is 1. The number of hydrogen-bond donors (Lipinski definition) is 1. The summed E-state index contributed by atoms with van der Waals surface area (Å²) in [5.74, 6) is -5.79. The van der Waals surface area contributed by atoms with E-state index in [-0.39, 0.29) is 17.2 Å². The van der Waals surface area contributed by atoms with Crippen molar-refractivity contribution in [3.05, 3.63) is 53.7 Å². The van der Waals surface area contributed by atoms with Crippen LogP contribution in [0.1, 0.15) is 32.9 Å². The van der Waals surface area contributed by atoms with Crippen LogP contribution in [0.2, 0.25) is 0 Å². The average Bonchev–Trinajstić information content (AvgIpc) is 3.07. The van der Waals surface area contributed by atoms with Crippen LogP contribution in [0.25, 0.3) is 0 Å². The molecule has 126 valence electrons. The van der Waals surface area contributed by atoms with Crippen LogP contribution in [-0.2, 0) is 0 Å². The molecule has 0 radical (unpaired) electrons. The van der Waals surface area contributed by atoms with Crippen LogP contribution in [-0.4, -0.2) is 26.4 Å².